The Labute approximate surface area is 82.8 Å². The fourth-order valence-corrected chi connectivity index (χ4v) is 0.666. The summed E-state index contributed by atoms with van der Waals surface area (Å²) in [7, 11) is 0. The summed E-state index contributed by atoms with van der Waals surface area (Å²) >= 11 is 0. The highest BCUT2D eigenvalue weighted by atomic mass is 35.5. The summed E-state index contributed by atoms with van der Waals surface area (Å²) in [6.45, 7) is 1.89. The maximum absolute atomic E-state index is 10.1. The van der Waals surface area contributed by atoms with Crippen LogP contribution in [0.3, 0.4) is 0 Å². The number of non-ortho nitro benzene ring substituents is 1. The largest absolute Gasteiger partial charge is 0.269 e. The van der Waals surface area contributed by atoms with Crippen LogP contribution in [0.4, 0.5) is 5.69 Å². The minimum absolute atomic E-state index is 0. The van der Waals surface area contributed by atoms with Gasteiger partial charge < -0.3 is 0 Å². The second-order valence-electron chi connectivity index (χ2n) is 2.09. The Balaban J connectivity index is 0. The van der Waals surface area contributed by atoms with Crippen LogP contribution in [0.15, 0.2) is 24.3 Å². The maximum Gasteiger partial charge on any atom is 0.269 e. The standard InChI is InChI=1S/C7H7NO2.2ClH/c1-6-2-4-7(5-3-6)8(9)10;;/h2-5H,1H3;2*1H. The number of nitro groups is 1. The van der Waals surface area contributed by atoms with Gasteiger partial charge in [0.15, 0.2) is 0 Å². The second kappa shape index (κ2) is 5.80. The lowest BCUT2D eigenvalue weighted by atomic mass is 10.2. The lowest BCUT2D eigenvalue weighted by Gasteiger charge is -1.90. The van der Waals surface area contributed by atoms with Gasteiger partial charge in [-0.05, 0) is 6.92 Å². The highest BCUT2D eigenvalue weighted by Gasteiger charge is 2.00. The average molecular weight is 210 g/mol. The number of benzene rings is 1. The van der Waals surface area contributed by atoms with E-state index in [1.165, 1.54) is 12.1 Å². The van der Waals surface area contributed by atoms with E-state index in [0.717, 1.165) is 5.56 Å². The third-order valence-corrected chi connectivity index (χ3v) is 1.24. The first-order chi connectivity index (χ1) is 4.70. The fourth-order valence-electron chi connectivity index (χ4n) is 0.666. The van der Waals surface area contributed by atoms with E-state index in [1.807, 2.05) is 6.92 Å². The number of aryl methyl sites for hydroxylation is 1. The van der Waals surface area contributed by atoms with Crippen LogP contribution < -0.4 is 0 Å². The van der Waals surface area contributed by atoms with Crippen molar-refractivity contribution in [3.63, 3.8) is 0 Å². The Kier molecular flexibility index (Phi) is 6.65. The van der Waals surface area contributed by atoms with E-state index in [1.54, 1.807) is 12.1 Å². The normalized spacial score (nSPS) is 7.75. The van der Waals surface area contributed by atoms with Gasteiger partial charge >= 0.3 is 0 Å². The van der Waals surface area contributed by atoms with Crippen LogP contribution in [0.5, 0.6) is 0 Å². The van der Waals surface area contributed by atoms with Crippen molar-refractivity contribution in [2.75, 3.05) is 0 Å². The number of nitrogens with zero attached hydrogens (tertiary/aromatic N) is 1. The van der Waals surface area contributed by atoms with Crippen LogP contribution in [0, 0.1) is 17.0 Å². The molecular weight excluding hydrogens is 201 g/mol. The Morgan fingerprint density at radius 1 is 1.17 bits per heavy atom. The van der Waals surface area contributed by atoms with E-state index in [2.05, 4.69) is 0 Å². The van der Waals surface area contributed by atoms with Gasteiger partial charge in [-0.2, -0.15) is 0 Å². The molecule has 1 aromatic carbocycles. The van der Waals surface area contributed by atoms with Crippen molar-refractivity contribution in [1.29, 1.82) is 0 Å². The molecule has 0 fully saturated rings. The summed E-state index contributed by atoms with van der Waals surface area (Å²) in [6.07, 6.45) is 0. The summed E-state index contributed by atoms with van der Waals surface area (Å²) < 4.78 is 0. The van der Waals surface area contributed by atoms with E-state index < -0.39 is 4.92 Å². The first kappa shape index (κ1) is 13.8. The predicted octanol–water partition coefficient (Wildman–Crippen LogP) is 2.75. The van der Waals surface area contributed by atoms with Gasteiger partial charge in [-0.1, -0.05) is 17.7 Å². The van der Waals surface area contributed by atoms with Crippen LogP contribution in [0.2, 0.25) is 0 Å². The molecule has 0 radical (unpaired) electrons. The summed E-state index contributed by atoms with van der Waals surface area (Å²) in [5.74, 6) is 0. The number of halogens is 2. The molecule has 0 spiro atoms. The molecular formula is C7H9Cl2NO2. The van der Waals surface area contributed by atoms with Crippen LogP contribution in [-0.4, -0.2) is 4.92 Å². The van der Waals surface area contributed by atoms with E-state index >= 15 is 0 Å². The van der Waals surface area contributed by atoms with Crippen molar-refractivity contribution in [1.82, 2.24) is 0 Å². The van der Waals surface area contributed by atoms with Crippen molar-refractivity contribution < 1.29 is 4.92 Å². The zero-order valence-electron chi connectivity index (χ0n) is 6.39. The van der Waals surface area contributed by atoms with Gasteiger partial charge in [0.1, 0.15) is 0 Å². The first-order valence-corrected chi connectivity index (χ1v) is 2.91. The zero-order chi connectivity index (χ0) is 7.56. The first-order valence-electron chi connectivity index (χ1n) is 2.91. The highest BCUT2D eigenvalue weighted by Crippen LogP contribution is 2.10. The van der Waals surface area contributed by atoms with Crippen molar-refractivity contribution >= 4 is 30.5 Å². The molecule has 0 amide bonds. The molecule has 5 heteroatoms. The third kappa shape index (κ3) is 3.55. The predicted molar refractivity (Wildman–Crippen MR) is 52.3 cm³/mol. The molecule has 0 saturated heterocycles. The topological polar surface area (TPSA) is 43.1 Å². The van der Waals surface area contributed by atoms with Crippen molar-refractivity contribution in [3.05, 3.63) is 39.9 Å². The molecule has 0 saturated carbocycles. The molecule has 3 nitrogen and oxygen atoms in total. The third-order valence-electron chi connectivity index (χ3n) is 1.24. The lowest BCUT2D eigenvalue weighted by molar-refractivity contribution is -0.384. The molecule has 1 rings (SSSR count). The number of rotatable bonds is 1. The molecule has 0 aromatic heterocycles. The summed E-state index contributed by atoms with van der Waals surface area (Å²) in [5, 5.41) is 10.1. The Bertz CT molecular complexity index is 248. The van der Waals surface area contributed by atoms with E-state index in [-0.39, 0.29) is 30.5 Å². The summed E-state index contributed by atoms with van der Waals surface area (Å²) in [5.41, 5.74) is 1.18. The number of hydrogen-bond acceptors (Lipinski definition) is 2. The van der Waals surface area contributed by atoms with Crippen molar-refractivity contribution in [2.45, 2.75) is 6.92 Å². The zero-order valence-corrected chi connectivity index (χ0v) is 8.02. The molecule has 1 aromatic rings. The van der Waals surface area contributed by atoms with E-state index in [9.17, 15) is 10.1 Å². The average Bonchev–Trinajstić information content (AvgIpc) is 1.88. The molecule has 0 heterocycles. The number of hydrogen-bond donors (Lipinski definition) is 0. The van der Waals surface area contributed by atoms with Crippen LogP contribution in [0.1, 0.15) is 5.56 Å². The molecule has 0 aliphatic heterocycles. The Morgan fingerprint density at radius 3 is 1.92 bits per heavy atom. The van der Waals surface area contributed by atoms with Gasteiger partial charge in [-0.15, -0.1) is 24.8 Å². The van der Waals surface area contributed by atoms with Gasteiger partial charge in [0.2, 0.25) is 0 Å². The van der Waals surface area contributed by atoms with E-state index in [0.29, 0.717) is 0 Å². The fraction of sp³-hybridized carbons (Fsp3) is 0.143. The van der Waals surface area contributed by atoms with Gasteiger partial charge in [0.25, 0.3) is 5.69 Å². The lowest BCUT2D eigenvalue weighted by Crippen LogP contribution is -1.86. The Morgan fingerprint density at radius 2 is 1.58 bits per heavy atom. The molecule has 0 aliphatic carbocycles. The molecule has 68 valence electrons. The van der Waals surface area contributed by atoms with Crippen molar-refractivity contribution in [3.8, 4) is 0 Å². The monoisotopic (exact) mass is 209 g/mol. The van der Waals surface area contributed by atoms with Gasteiger partial charge in [-0.25, -0.2) is 0 Å². The van der Waals surface area contributed by atoms with Crippen molar-refractivity contribution in [2.24, 2.45) is 0 Å². The van der Waals surface area contributed by atoms with Gasteiger partial charge in [0.05, 0.1) is 4.92 Å². The maximum atomic E-state index is 10.1. The van der Waals surface area contributed by atoms with Crippen LogP contribution >= 0.6 is 24.8 Å². The molecule has 0 atom stereocenters. The van der Waals surface area contributed by atoms with Gasteiger partial charge in [-0.3, -0.25) is 10.1 Å². The van der Waals surface area contributed by atoms with Crippen LogP contribution in [0.25, 0.3) is 0 Å². The Hall–Kier alpha value is -0.800. The minimum atomic E-state index is -0.403. The van der Waals surface area contributed by atoms with Gasteiger partial charge in [0, 0.05) is 12.1 Å². The highest BCUT2D eigenvalue weighted by molar-refractivity contribution is 5.85. The molecule has 0 unspecified atom stereocenters. The minimum Gasteiger partial charge on any atom is -0.258 e. The smallest absolute Gasteiger partial charge is 0.258 e. The quantitative estimate of drug-likeness (QED) is 0.528. The summed E-state index contributed by atoms with van der Waals surface area (Å²) in [4.78, 5) is 9.71. The molecule has 0 N–H and O–H groups in total. The SMILES string of the molecule is Cc1ccc([N+](=O)[O-])cc1.Cl.Cl. The molecule has 12 heavy (non-hydrogen) atoms. The van der Waals surface area contributed by atoms with Crippen LogP contribution in [-0.2, 0) is 0 Å². The van der Waals surface area contributed by atoms with E-state index in [4.69, 9.17) is 0 Å². The molecule has 0 aliphatic rings. The number of nitro benzene ring substituents is 1. The second-order valence-corrected chi connectivity index (χ2v) is 2.09. The summed E-state index contributed by atoms with van der Waals surface area (Å²) in [6, 6.07) is 6.43. The molecule has 0 bridgehead atoms.